The van der Waals surface area contributed by atoms with Gasteiger partial charge in [-0.2, -0.15) is 0 Å². The van der Waals surface area contributed by atoms with Crippen molar-refractivity contribution in [3.05, 3.63) is 45.0 Å². The molecule has 1 unspecified atom stereocenters. The van der Waals surface area contributed by atoms with Crippen LogP contribution in [0.25, 0.3) is 0 Å². The summed E-state index contributed by atoms with van der Waals surface area (Å²) in [6, 6.07) is 5.19. The van der Waals surface area contributed by atoms with Gasteiger partial charge in [-0.3, -0.25) is 4.90 Å². The van der Waals surface area contributed by atoms with E-state index >= 15 is 0 Å². The molecule has 1 aliphatic carbocycles. The van der Waals surface area contributed by atoms with Crippen LogP contribution in [0.1, 0.15) is 22.4 Å². The van der Waals surface area contributed by atoms with Gasteiger partial charge in [0.05, 0.1) is 23.8 Å². The Kier molecular flexibility index (Phi) is 6.43. The van der Waals surface area contributed by atoms with Crippen molar-refractivity contribution in [2.75, 3.05) is 56.7 Å². The van der Waals surface area contributed by atoms with Crippen LogP contribution in [0.5, 0.6) is 0 Å². The Morgan fingerprint density at radius 3 is 3.03 bits per heavy atom. The van der Waals surface area contributed by atoms with Gasteiger partial charge in [0, 0.05) is 42.8 Å². The number of thiophene rings is 1. The lowest BCUT2D eigenvalue weighted by Gasteiger charge is -2.29. The number of aliphatic imine (C=N–C) groups is 1. The fourth-order valence-corrected chi connectivity index (χ4v) is 5.97. The second-order valence-corrected chi connectivity index (χ2v) is 9.66. The number of rotatable bonds is 5. The van der Waals surface area contributed by atoms with Crippen molar-refractivity contribution in [1.82, 2.24) is 10.2 Å². The Bertz CT molecular complexity index is 975. The number of fused-ring (bicyclic) bond motifs is 3. The quantitative estimate of drug-likeness (QED) is 0.633. The molecule has 31 heavy (non-hydrogen) atoms. The molecule has 1 aromatic carbocycles. The number of anilines is 2. The van der Waals surface area contributed by atoms with E-state index in [4.69, 9.17) is 16.3 Å². The summed E-state index contributed by atoms with van der Waals surface area (Å²) in [7, 11) is 0. The molecule has 1 aromatic heterocycles. The molecule has 1 fully saturated rings. The summed E-state index contributed by atoms with van der Waals surface area (Å²) in [5, 5.41) is 11.8. The van der Waals surface area contributed by atoms with Crippen molar-refractivity contribution in [2.45, 2.75) is 25.3 Å². The summed E-state index contributed by atoms with van der Waals surface area (Å²) in [5.74, 6) is 0.424. The molecule has 0 amide bonds. The predicted molar refractivity (Wildman–Crippen MR) is 125 cm³/mol. The number of nitrogens with zero attached hydrogens (tertiary/aromatic N) is 2. The lowest BCUT2D eigenvalue weighted by molar-refractivity contribution is 0.0381. The monoisotopic (exact) mass is 463 g/mol. The molecule has 0 radical (unpaired) electrons. The Morgan fingerprint density at radius 2 is 2.19 bits per heavy atom. The van der Waals surface area contributed by atoms with E-state index in [1.54, 1.807) is 12.1 Å². The fourth-order valence-electron chi connectivity index (χ4n) is 4.47. The van der Waals surface area contributed by atoms with Gasteiger partial charge in [-0.25, -0.2) is 9.38 Å². The van der Waals surface area contributed by atoms with E-state index in [0.717, 1.165) is 70.2 Å². The number of nitrogens with one attached hydrogen (secondary N) is 3. The second kappa shape index (κ2) is 9.42. The van der Waals surface area contributed by atoms with Crippen LogP contribution >= 0.6 is 22.9 Å². The first-order valence-electron chi connectivity index (χ1n) is 10.9. The summed E-state index contributed by atoms with van der Waals surface area (Å²) in [6.07, 6.45) is 3.20. The molecule has 0 spiro atoms. The second-order valence-electron chi connectivity index (χ2n) is 8.15. The maximum absolute atomic E-state index is 13.5. The fraction of sp³-hybridized carbons (Fsp3) is 0.500. The summed E-state index contributed by atoms with van der Waals surface area (Å²) < 4.78 is 18.9. The van der Waals surface area contributed by atoms with Gasteiger partial charge in [0.2, 0.25) is 0 Å². The molecular weight excluding hydrogens is 437 g/mol. The van der Waals surface area contributed by atoms with Gasteiger partial charge in [-0.05, 0) is 43.0 Å². The zero-order valence-electron chi connectivity index (χ0n) is 17.3. The Hall–Kier alpha value is -1.71. The van der Waals surface area contributed by atoms with Gasteiger partial charge in [0.1, 0.15) is 23.3 Å². The van der Waals surface area contributed by atoms with Gasteiger partial charge in [0.25, 0.3) is 0 Å². The van der Waals surface area contributed by atoms with Gasteiger partial charge in [-0.15, -0.1) is 11.3 Å². The summed E-state index contributed by atoms with van der Waals surface area (Å²) in [6.45, 7) is 6.40. The van der Waals surface area contributed by atoms with Crippen molar-refractivity contribution in [1.29, 1.82) is 0 Å². The SMILES string of the molecule is Fc1ccc(NC2=NCNc3sc4c(c32)CCC(NCCN2CCOCC2)C4)cc1Cl. The van der Waals surface area contributed by atoms with E-state index in [9.17, 15) is 4.39 Å². The maximum atomic E-state index is 13.5. The molecule has 1 atom stereocenters. The van der Waals surface area contributed by atoms with Crippen LogP contribution in [-0.2, 0) is 17.6 Å². The van der Waals surface area contributed by atoms with E-state index in [1.165, 1.54) is 27.1 Å². The summed E-state index contributed by atoms with van der Waals surface area (Å²) >= 11 is 7.79. The minimum Gasteiger partial charge on any atom is -0.379 e. The lowest BCUT2D eigenvalue weighted by Crippen LogP contribution is -2.43. The first-order chi connectivity index (χ1) is 15.2. The third kappa shape index (κ3) is 4.73. The molecule has 2 aliphatic heterocycles. The molecule has 2 aromatic rings. The van der Waals surface area contributed by atoms with Crippen LogP contribution in [0.2, 0.25) is 5.02 Å². The minimum absolute atomic E-state index is 0.109. The average molecular weight is 464 g/mol. The minimum atomic E-state index is -0.416. The zero-order valence-corrected chi connectivity index (χ0v) is 18.9. The van der Waals surface area contributed by atoms with E-state index in [0.29, 0.717) is 12.7 Å². The normalized spacial score (nSPS) is 21.1. The highest BCUT2D eigenvalue weighted by atomic mass is 35.5. The Labute approximate surface area is 190 Å². The Balaban J connectivity index is 1.24. The highest BCUT2D eigenvalue weighted by Crippen LogP contribution is 2.40. The molecule has 0 saturated carbocycles. The van der Waals surface area contributed by atoms with Gasteiger partial charge < -0.3 is 20.7 Å². The number of morpholine rings is 1. The van der Waals surface area contributed by atoms with Crippen LogP contribution in [0.4, 0.5) is 15.1 Å². The largest absolute Gasteiger partial charge is 0.379 e. The zero-order chi connectivity index (χ0) is 21.2. The highest BCUT2D eigenvalue weighted by Gasteiger charge is 2.29. The topological polar surface area (TPSA) is 60.9 Å². The van der Waals surface area contributed by atoms with Crippen molar-refractivity contribution < 1.29 is 9.13 Å². The first kappa shape index (κ1) is 21.2. The Morgan fingerprint density at radius 1 is 1.32 bits per heavy atom. The molecule has 6 nitrogen and oxygen atoms in total. The van der Waals surface area contributed by atoms with E-state index in [-0.39, 0.29) is 5.02 Å². The van der Waals surface area contributed by atoms with Crippen LogP contribution in [0, 0.1) is 5.82 Å². The van der Waals surface area contributed by atoms with Crippen molar-refractivity contribution in [3.8, 4) is 0 Å². The number of ether oxygens (including phenoxy) is 1. The number of hydrogen-bond acceptors (Lipinski definition) is 7. The molecule has 5 rings (SSSR count). The summed E-state index contributed by atoms with van der Waals surface area (Å²) in [4.78, 5) is 8.55. The maximum Gasteiger partial charge on any atom is 0.141 e. The number of benzene rings is 1. The predicted octanol–water partition coefficient (Wildman–Crippen LogP) is 3.56. The van der Waals surface area contributed by atoms with Crippen molar-refractivity contribution in [3.63, 3.8) is 0 Å². The smallest absolute Gasteiger partial charge is 0.141 e. The van der Waals surface area contributed by atoms with Crippen LogP contribution < -0.4 is 16.0 Å². The molecule has 3 heterocycles. The van der Waals surface area contributed by atoms with E-state index in [2.05, 4.69) is 25.8 Å². The van der Waals surface area contributed by atoms with Crippen LogP contribution in [-0.4, -0.2) is 62.8 Å². The molecule has 9 heteroatoms. The average Bonchev–Trinajstić information content (AvgIpc) is 3.16. The number of amidine groups is 1. The van der Waals surface area contributed by atoms with Crippen LogP contribution in [0.3, 0.4) is 0 Å². The molecular formula is C22H27ClFN5OS. The van der Waals surface area contributed by atoms with Crippen molar-refractivity contribution >= 4 is 39.5 Å². The van der Waals surface area contributed by atoms with Crippen molar-refractivity contribution in [2.24, 2.45) is 4.99 Å². The molecule has 3 N–H and O–H groups in total. The van der Waals surface area contributed by atoms with E-state index in [1.807, 2.05) is 11.3 Å². The summed E-state index contributed by atoms with van der Waals surface area (Å²) in [5.41, 5.74) is 3.30. The lowest BCUT2D eigenvalue weighted by atomic mass is 9.91. The third-order valence-corrected chi connectivity index (χ3v) is 7.63. The number of hydrogen-bond donors (Lipinski definition) is 3. The standard InChI is InChI=1S/C22H27ClFN5OS/c23-17-11-15(2-4-18(17)24)28-21-20-16-3-1-14(12-19(16)31-22(20)27-13-26-21)25-5-6-29-7-9-30-10-8-29/h2,4,11,14,25,27H,1,3,5-10,12-13H2,(H,26,28). The molecule has 0 bridgehead atoms. The van der Waals surface area contributed by atoms with E-state index < -0.39 is 5.82 Å². The molecule has 1 saturated heterocycles. The first-order valence-corrected chi connectivity index (χ1v) is 12.1. The third-order valence-electron chi connectivity index (χ3n) is 6.13. The number of halogens is 2. The van der Waals surface area contributed by atoms with Gasteiger partial charge >= 0.3 is 0 Å². The van der Waals surface area contributed by atoms with Crippen LogP contribution in [0.15, 0.2) is 23.2 Å². The molecule has 166 valence electrons. The van der Waals surface area contributed by atoms with Gasteiger partial charge in [-0.1, -0.05) is 11.6 Å². The van der Waals surface area contributed by atoms with Gasteiger partial charge in [0.15, 0.2) is 0 Å². The molecule has 3 aliphatic rings. The highest BCUT2D eigenvalue weighted by molar-refractivity contribution is 7.16.